The first kappa shape index (κ1) is 16.1. The van der Waals surface area contributed by atoms with Crippen molar-refractivity contribution in [2.75, 3.05) is 25.4 Å². The molecule has 2 aliphatic heterocycles. The smallest absolute Gasteiger partial charge is 0.239 e. The Hall–Kier alpha value is 0.0700. The van der Waals surface area contributed by atoms with Crippen molar-refractivity contribution in [3.8, 4) is 0 Å². The minimum atomic E-state index is 0. The lowest BCUT2D eigenvalue weighted by atomic mass is 10.2. The van der Waals surface area contributed by atoms with Crippen LogP contribution in [0.3, 0.4) is 0 Å². The number of rotatable bonds is 3. The van der Waals surface area contributed by atoms with Gasteiger partial charge in [0.05, 0.1) is 6.04 Å². The molecular formula is C13H25ClN2OS. The summed E-state index contributed by atoms with van der Waals surface area (Å²) in [6, 6.07) is 0.111. The van der Waals surface area contributed by atoms with E-state index >= 15 is 0 Å². The van der Waals surface area contributed by atoms with Crippen molar-refractivity contribution in [3.05, 3.63) is 0 Å². The Balaban J connectivity index is 0.00000162. The van der Waals surface area contributed by atoms with Gasteiger partial charge in [0.1, 0.15) is 0 Å². The number of halogens is 1. The van der Waals surface area contributed by atoms with Crippen LogP contribution >= 0.6 is 24.2 Å². The monoisotopic (exact) mass is 292 g/mol. The van der Waals surface area contributed by atoms with Crippen LogP contribution in [0.15, 0.2) is 0 Å². The van der Waals surface area contributed by atoms with Crippen LogP contribution in [0.2, 0.25) is 0 Å². The Morgan fingerprint density at radius 1 is 1.33 bits per heavy atom. The zero-order valence-electron chi connectivity index (χ0n) is 11.2. The molecule has 2 fully saturated rings. The second-order valence-electron chi connectivity index (χ2n) is 5.01. The first-order valence-corrected chi connectivity index (χ1v) is 8.00. The molecule has 2 heterocycles. The van der Waals surface area contributed by atoms with Crippen LogP contribution in [-0.2, 0) is 4.79 Å². The topological polar surface area (TPSA) is 32.3 Å². The van der Waals surface area contributed by atoms with Gasteiger partial charge in [-0.1, -0.05) is 13.3 Å². The highest BCUT2D eigenvalue weighted by Crippen LogP contribution is 2.23. The van der Waals surface area contributed by atoms with Crippen molar-refractivity contribution >= 4 is 30.1 Å². The Morgan fingerprint density at radius 2 is 2.17 bits per heavy atom. The SMILES string of the molecule is CCSC1CCCCN(C(=O)C2CCCN2)C1.Cl. The first-order valence-electron chi connectivity index (χ1n) is 6.95. The Bertz CT molecular complexity index is 259. The summed E-state index contributed by atoms with van der Waals surface area (Å²) in [6.07, 6.45) is 5.91. The highest BCUT2D eigenvalue weighted by atomic mass is 35.5. The molecule has 0 aromatic carbocycles. The number of carbonyl (C=O) groups is 1. The summed E-state index contributed by atoms with van der Waals surface area (Å²) < 4.78 is 0. The number of hydrogen-bond acceptors (Lipinski definition) is 3. The average molecular weight is 293 g/mol. The maximum atomic E-state index is 12.4. The summed E-state index contributed by atoms with van der Waals surface area (Å²) in [4.78, 5) is 14.5. The van der Waals surface area contributed by atoms with Gasteiger partial charge in [0.2, 0.25) is 5.91 Å². The molecule has 0 bridgehead atoms. The molecule has 0 radical (unpaired) electrons. The van der Waals surface area contributed by atoms with Crippen molar-refractivity contribution < 1.29 is 4.79 Å². The largest absolute Gasteiger partial charge is 0.340 e. The van der Waals surface area contributed by atoms with Crippen LogP contribution < -0.4 is 5.32 Å². The molecule has 1 amide bonds. The van der Waals surface area contributed by atoms with E-state index < -0.39 is 0 Å². The van der Waals surface area contributed by atoms with Crippen molar-refractivity contribution in [3.63, 3.8) is 0 Å². The summed E-state index contributed by atoms with van der Waals surface area (Å²) in [5.74, 6) is 1.51. The fourth-order valence-corrected chi connectivity index (χ4v) is 3.88. The zero-order valence-corrected chi connectivity index (χ0v) is 12.8. The molecule has 2 rings (SSSR count). The second kappa shape index (κ2) is 8.28. The predicted octanol–water partition coefficient (Wildman–Crippen LogP) is 2.29. The lowest BCUT2D eigenvalue weighted by Crippen LogP contribution is -2.45. The fraction of sp³-hybridized carbons (Fsp3) is 0.923. The van der Waals surface area contributed by atoms with Gasteiger partial charge in [-0.15, -0.1) is 12.4 Å². The standard InChI is InChI=1S/C13H24N2OS.ClH/c1-2-17-11-6-3-4-9-15(10-11)13(16)12-7-5-8-14-12;/h11-12,14H,2-10H2,1H3;1H. The van der Waals surface area contributed by atoms with Gasteiger partial charge >= 0.3 is 0 Å². The van der Waals surface area contributed by atoms with E-state index in [0.29, 0.717) is 11.2 Å². The second-order valence-corrected chi connectivity index (χ2v) is 6.58. The van der Waals surface area contributed by atoms with Crippen LogP contribution in [0.1, 0.15) is 39.0 Å². The van der Waals surface area contributed by atoms with Gasteiger partial charge < -0.3 is 10.2 Å². The summed E-state index contributed by atoms with van der Waals surface area (Å²) >= 11 is 2.01. The molecule has 2 atom stereocenters. The number of nitrogens with one attached hydrogen (secondary N) is 1. The molecule has 2 aliphatic rings. The van der Waals surface area contributed by atoms with E-state index in [-0.39, 0.29) is 18.4 Å². The highest BCUT2D eigenvalue weighted by Gasteiger charge is 2.29. The molecule has 106 valence electrons. The molecule has 0 saturated carbocycles. The average Bonchev–Trinajstić information content (AvgIpc) is 2.76. The third-order valence-corrected chi connectivity index (χ3v) is 4.89. The molecule has 2 unspecified atom stereocenters. The number of carbonyl (C=O) groups excluding carboxylic acids is 1. The van der Waals surface area contributed by atoms with Crippen molar-refractivity contribution in [1.29, 1.82) is 0 Å². The first-order chi connectivity index (χ1) is 8.31. The normalized spacial score (nSPS) is 28.6. The van der Waals surface area contributed by atoms with E-state index in [1.165, 1.54) is 19.3 Å². The summed E-state index contributed by atoms with van der Waals surface area (Å²) in [5.41, 5.74) is 0. The minimum Gasteiger partial charge on any atom is -0.340 e. The lowest BCUT2D eigenvalue weighted by molar-refractivity contribution is -0.132. The van der Waals surface area contributed by atoms with Crippen LogP contribution in [0.4, 0.5) is 0 Å². The van der Waals surface area contributed by atoms with E-state index in [1.807, 2.05) is 11.8 Å². The zero-order chi connectivity index (χ0) is 12.1. The number of amides is 1. The summed E-state index contributed by atoms with van der Waals surface area (Å²) in [6.45, 7) is 5.16. The van der Waals surface area contributed by atoms with Gasteiger partial charge in [-0.3, -0.25) is 4.79 Å². The Kier molecular flexibility index (Phi) is 7.42. The predicted molar refractivity (Wildman–Crippen MR) is 80.6 cm³/mol. The summed E-state index contributed by atoms with van der Waals surface area (Å²) in [7, 11) is 0. The van der Waals surface area contributed by atoms with Crippen LogP contribution in [0, 0.1) is 0 Å². The van der Waals surface area contributed by atoms with Gasteiger partial charge in [0.15, 0.2) is 0 Å². The van der Waals surface area contributed by atoms with E-state index in [0.717, 1.165) is 38.2 Å². The van der Waals surface area contributed by atoms with E-state index in [4.69, 9.17) is 0 Å². The molecule has 0 aromatic rings. The van der Waals surface area contributed by atoms with Gasteiger partial charge in [-0.25, -0.2) is 0 Å². The molecule has 0 spiro atoms. The fourth-order valence-electron chi connectivity index (χ4n) is 2.79. The molecule has 0 aliphatic carbocycles. The van der Waals surface area contributed by atoms with Crippen LogP contribution in [-0.4, -0.2) is 47.5 Å². The number of thioether (sulfide) groups is 1. The molecular weight excluding hydrogens is 268 g/mol. The maximum absolute atomic E-state index is 12.4. The van der Waals surface area contributed by atoms with Crippen LogP contribution in [0.5, 0.6) is 0 Å². The molecule has 0 aromatic heterocycles. The minimum absolute atomic E-state index is 0. The van der Waals surface area contributed by atoms with Gasteiger partial charge in [-0.2, -0.15) is 11.8 Å². The molecule has 1 N–H and O–H groups in total. The Labute approximate surface area is 121 Å². The Morgan fingerprint density at radius 3 is 2.83 bits per heavy atom. The highest BCUT2D eigenvalue weighted by molar-refractivity contribution is 7.99. The molecule has 5 heteroatoms. The van der Waals surface area contributed by atoms with Gasteiger partial charge in [0, 0.05) is 18.3 Å². The van der Waals surface area contributed by atoms with Gasteiger partial charge in [0.25, 0.3) is 0 Å². The third-order valence-electron chi connectivity index (χ3n) is 3.70. The summed E-state index contributed by atoms with van der Waals surface area (Å²) in [5, 5.41) is 3.98. The van der Waals surface area contributed by atoms with Crippen molar-refractivity contribution in [2.45, 2.75) is 50.3 Å². The molecule has 2 saturated heterocycles. The van der Waals surface area contributed by atoms with Crippen molar-refractivity contribution in [2.24, 2.45) is 0 Å². The molecule has 3 nitrogen and oxygen atoms in total. The number of hydrogen-bond donors (Lipinski definition) is 1. The van der Waals surface area contributed by atoms with E-state index in [2.05, 4.69) is 17.1 Å². The maximum Gasteiger partial charge on any atom is 0.239 e. The van der Waals surface area contributed by atoms with E-state index in [9.17, 15) is 4.79 Å². The lowest BCUT2D eigenvalue weighted by Gasteiger charge is -2.26. The van der Waals surface area contributed by atoms with E-state index in [1.54, 1.807) is 0 Å². The van der Waals surface area contributed by atoms with Crippen molar-refractivity contribution in [1.82, 2.24) is 10.2 Å². The van der Waals surface area contributed by atoms with Crippen LogP contribution in [0.25, 0.3) is 0 Å². The van der Waals surface area contributed by atoms with Gasteiger partial charge in [-0.05, 0) is 38.0 Å². The molecule has 18 heavy (non-hydrogen) atoms. The quantitative estimate of drug-likeness (QED) is 0.866. The number of nitrogens with zero attached hydrogens (tertiary/aromatic N) is 1. The number of likely N-dealkylation sites (tertiary alicyclic amines) is 1. The third kappa shape index (κ3) is 4.32.